The van der Waals surface area contributed by atoms with Gasteiger partial charge < -0.3 is 0 Å². The predicted octanol–water partition coefficient (Wildman–Crippen LogP) is 5.52. The van der Waals surface area contributed by atoms with Crippen LogP contribution >= 0.6 is 0 Å². The van der Waals surface area contributed by atoms with Crippen molar-refractivity contribution in [3.05, 3.63) is 0 Å². The first-order valence-electron chi connectivity index (χ1n) is 7.56. The highest BCUT2D eigenvalue weighted by Crippen LogP contribution is 2.39. The van der Waals surface area contributed by atoms with E-state index in [4.69, 9.17) is 0 Å². The second-order valence-corrected chi connectivity index (χ2v) is 6.57. The van der Waals surface area contributed by atoms with E-state index in [1.54, 1.807) is 0 Å². The molecule has 1 rings (SSSR count). The summed E-state index contributed by atoms with van der Waals surface area (Å²) in [6.45, 7) is 12.1. The average Bonchev–Trinajstić information content (AvgIpc) is 2.40. The number of hydrogen-bond acceptors (Lipinski definition) is 0. The molecule has 16 heavy (non-hydrogen) atoms. The third kappa shape index (κ3) is 3.79. The first kappa shape index (κ1) is 14.1. The van der Waals surface area contributed by atoms with Crippen LogP contribution in [-0.2, 0) is 0 Å². The summed E-state index contributed by atoms with van der Waals surface area (Å²) >= 11 is 0. The zero-order valence-corrected chi connectivity index (χ0v) is 12.1. The fourth-order valence-electron chi connectivity index (χ4n) is 3.54. The topological polar surface area (TPSA) is 0 Å². The molecule has 0 aliphatic heterocycles. The van der Waals surface area contributed by atoms with Crippen molar-refractivity contribution in [3.8, 4) is 0 Å². The zero-order chi connectivity index (χ0) is 12.1. The molecule has 3 unspecified atom stereocenters. The van der Waals surface area contributed by atoms with Crippen LogP contribution in [-0.4, -0.2) is 0 Å². The summed E-state index contributed by atoms with van der Waals surface area (Å²) in [4.78, 5) is 0. The lowest BCUT2D eigenvalue weighted by Crippen LogP contribution is -2.20. The van der Waals surface area contributed by atoms with Crippen molar-refractivity contribution in [2.45, 2.75) is 73.1 Å². The van der Waals surface area contributed by atoms with Crippen LogP contribution in [0, 0.1) is 29.6 Å². The van der Waals surface area contributed by atoms with Crippen molar-refractivity contribution in [1.82, 2.24) is 0 Å². The number of rotatable bonds is 4. The van der Waals surface area contributed by atoms with Gasteiger partial charge in [0, 0.05) is 0 Å². The Morgan fingerprint density at radius 3 is 1.81 bits per heavy atom. The molecule has 1 aliphatic rings. The van der Waals surface area contributed by atoms with Crippen molar-refractivity contribution >= 4 is 0 Å². The monoisotopic (exact) mass is 224 g/mol. The van der Waals surface area contributed by atoms with Gasteiger partial charge in [-0.1, -0.05) is 60.3 Å². The molecule has 1 saturated carbocycles. The second kappa shape index (κ2) is 6.67. The third-order valence-electron chi connectivity index (χ3n) is 5.04. The minimum Gasteiger partial charge on any atom is -0.0654 e. The van der Waals surface area contributed by atoms with Crippen LogP contribution in [0.15, 0.2) is 0 Å². The van der Waals surface area contributed by atoms with Gasteiger partial charge in [0.25, 0.3) is 0 Å². The molecule has 0 bridgehead atoms. The van der Waals surface area contributed by atoms with E-state index in [1.165, 1.54) is 38.5 Å². The molecule has 0 aromatic rings. The minimum atomic E-state index is 0.883. The van der Waals surface area contributed by atoms with Gasteiger partial charge in [-0.15, -0.1) is 0 Å². The molecule has 0 aromatic carbocycles. The molecule has 0 saturated heterocycles. The Kier molecular flexibility index (Phi) is 5.86. The molecule has 0 radical (unpaired) electrons. The summed E-state index contributed by atoms with van der Waals surface area (Å²) in [5, 5.41) is 0. The molecule has 0 amide bonds. The average molecular weight is 224 g/mol. The molecule has 3 atom stereocenters. The Balaban J connectivity index is 2.57. The minimum absolute atomic E-state index is 0.883. The molecule has 1 aliphatic carbocycles. The maximum absolute atomic E-state index is 2.46. The first-order chi connectivity index (χ1) is 7.56. The largest absolute Gasteiger partial charge is 0.0654 e. The van der Waals surface area contributed by atoms with Crippen molar-refractivity contribution < 1.29 is 0 Å². The maximum atomic E-state index is 2.46. The van der Waals surface area contributed by atoms with Gasteiger partial charge in [-0.2, -0.15) is 0 Å². The van der Waals surface area contributed by atoms with Crippen LogP contribution in [0.3, 0.4) is 0 Å². The van der Waals surface area contributed by atoms with Gasteiger partial charge in [0.2, 0.25) is 0 Å². The lowest BCUT2D eigenvalue weighted by Gasteiger charge is -2.29. The lowest BCUT2D eigenvalue weighted by atomic mass is 9.76. The molecule has 0 heteroatoms. The van der Waals surface area contributed by atoms with E-state index in [0.29, 0.717) is 0 Å². The van der Waals surface area contributed by atoms with E-state index in [9.17, 15) is 0 Å². The predicted molar refractivity (Wildman–Crippen MR) is 73.5 cm³/mol. The molecule has 0 aromatic heterocycles. The van der Waals surface area contributed by atoms with Gasteiger partial charge in [0.05, 0.1) is 0 Å². The van der Waals surface area contributed by atoms with E-state index in [1.807, 2.05) is 0 Å². The van der Waals surface area contributed by atoms with Crippen LogP contribution in [0.4, 0.5) is 0 Å². The van der Waals surface area contributed by atoms with Gasteiger partial charge in [0.1, 0.15) is 0 Å². The van der Waals surface area contributed by atoms with Gasteiger partial charge in [-0.3, -0.25) is 0 Å². The summed E-state index contributed by atoms with van der Waals surface area (Å²) in [7, 11) is 0. The molecule has 0 heterocycles. The van der Waals surface area contributed by atoms with Gasteiger partial charge in [-0.05, 0) is 42.4 Å². The number of hydrogen-bond donors (Lipinski definition) is 0. The van der Waals surface area contributed by atoms with E-state index < -0.39 is 0 Å². The highest BCUT2D eigenvalue weighted by Gasteiger charge is 2.28. The van der Waals surface area contributed by atoms with Crippen LogP contribution < -0.4 is 0 Å². The first-order valence-corrected chi connectivity index (χ1v) is 7.56. The smallest absolute Gasteiger partial charge is 0.0363 e. The van der Waals surface area contributed by atoms with Crippen LogP contribution in [0.1, 0.15) is 73.1 Å². The zero-order valence-electron chi connectivity index (χ0n) is 12.1. The Bertz CT molecular complexity index is 170. The Labute approximate surface area is 103 Å². The Morgan fingerprint density at radius 1 is 0.938 bits per heavy atom. The van der Waals surface area contributed by atoms with Crippen molar-refractivity contribution in [2.24, 2.45) is 29.6 Å². The Hall–Kier alpha value is 0. The highest BCUT2D eigenvalue weighted by molar-refractivity contribution is 4.79. The quantitative estimate of drug-likeness (QED) is 0.551. The standard InChI is InChI=1S/C16H32/c1-6-7-16(12(2)3)15-10-8-13(4)14(5)9-11-15/h12-16H,6-11H2,1-5H3. The van der Waals surface area contributed by atoms with E-state index in [-0.39, 0.29) is 0 Å². The summed E-state index contributed by atoms with van der Waals surface area (Å²) in [6.07, 6.45) is 8.75. The molecular formula is C16H32. The maximum Gasteiger partial charge on any atom is -0.0363 e. The second-order valence-electron chi connectivity index (χ2n) is 6.57. The van der Waals surface area contributed by atoms with Crippen LogP contribution in [0.2, 0.25) is 0 Å². The van der Waals surface area contributed by atoms with Crippen molar-refractivity contribution in [2.75, 3.05) is 0 Å². The molecule has 0 nitrogen and oxygen atoms in total. The summed E-state index contributed by atoms with van der Waals surface area (Å²) in [5.41, 5.74) is 0. The molecular weight excluding hydrogens is 192 g/mol. The molecule has 96 valence electrons. The van der Waals surface area contributed by atoms with Crippen molar-refractivity contribution in [3.63, 3.8) is 0 Å². The highest BCUT2D eigenvalue weighted by atomic mass is 14.3. The summed E-state index contributed by atoms with van der Waals surface area (Å²) in [6, 6.07) is 0. The fraction of sp³-hybridized carbons (Fsp3) is 1.00. The Morgan fingerprint density at radius 2 is 1.44 bits per heavy atom. The summed E-state index contributed by atoms with van der Waals surface area (Å²) in [5.74, 6) is 4.81. The van der Waals surface area contributed by atoms with Gasteiger partial charge in [0.15, 0.2) is 0 Å². The third-order valence-corrected chi connectivity index (χ3v) is 5.04. The molecule has 0 N–H and O–H groups in total. The summed E-state index contributed by atoms with van der Waals surface area (Å²) < 4.78 is 0. The fourth-order valence-corrected chi connectivity index (χ4v) is 3.54. The molecule has 0 spiro atoms. The van der Waals surface area contributed by atoms with Crippen molar-refractivity contribution in [1.29, 1.82) is 0 Å². The van der Waals surface area contributed by atoms with E-state index in [0.717, 1.165) is 29.6 Å². The van der Waals surface area contributed by atoms with Crippen LogP contribution in [0.25, 0.3) is 0 Å². The van der Waals surface area contributed by atoms with Gasteiger partial charge in [-0.25, -0.2) is 0 Å². The van der Waals surface area contributed by atoms with E-state index in [2.05, 4.69) is 34.6 Å². The normalized spacial score (nSPS) is 33.8. The van der Waals surface area contributed by atoms with E-state index >= 15 is 0 Å². The SMILES string of the molecule is CCCC(C(C)C)C1CCC(C)C(C)CC1. The lowest BCUT2D eigenvalue weighted by molar-refractivity contribution is 0.212. The molecule has 1 fully saturated rings. The van der Waals surface area contributed by atoms with Crippen LogP contribution in [0.5, 0.6) is 0 Å². The van der Waals surface area contributed by atoms with Gasteiger partial charge >= 0.3 is 0 Å².